The Labute approximate surface area is 192 Å². The van der Waals surface area contributed by atoms with Crippen LogP contribution in [0, 0.1) is 6.92 Å². The van der Waals surface area contributed by atoms with Crippen LogP contribution in [0.2, 0.25) is 20.1 Å². The van der Waals surface area contributed by atoms with E-state index in [-0.39, 0.29) is 31.2 Å². The van der Waals surface area contributed by atoms with Crippen molar-refractivity contribution in [3.8, 4) is 0 Å². The van der Waals surface area contributed by atoms with E-state index in [1.54, 1.807) is 0 Å². The van der Waals surface area contributed by atoms with Gasteiger partial charge in [-0.2, -0.15) is 0 Å². The van der Waals surface area contributed by atoms with Gasteiger partial charge < -0.3 is 14.0 Å². The minimum atomic E-state index is -1.96. The first-order valence-electron chi connectivity index (χ1n) is 9.03. The Morgan fingerprint density at radius 3 is 2.33 bits per heavy atom. The number of hydrogen-bond donors (Lipinski definition) is 0. The quantitative estimate of drug-likeness (QED) is 0.240. The van der Waals surface area contributed by atoms with Crippen LogP contribution in [0.1, 0.15) is 41.0 Å². The van der Waals surface area contributed by atoms with Crippen molar-refractivity contribution in [3.05, 3.63) is 66.7 Å². The molecule has 3 aromatic rings. The van der Waals surface area contributed by atoms with Gasteiger partial charge in [0.05, 0.1) is 36.8 Å². The number of carbonyl (C=O) groups excluding carboxylic acids is 2. The summed E-state index contributed by atoms with van der Waals surface area (Å²) in [5.74, 6) is -3.46. The lowest BCUT2D eigenvalue weighted by molar-refractivity contribution is -0.190. The number of esters is 2. The molecule has 156 valence electrons. The molecule has 5 nitrogen and oxygen atoms in total. The average Bonchev–Trinajstić information content (AvgIpc) is 3.14. The summed E-state index contributed by atoms with van der Waals surface area (Å²) < 4.78 is 13.5. The number of ether oxygens (including phenoxy) is 2. The summed E-state index contributed by atoms with van der Waals surface area (Å²) in [6.45, 7) is 5.69. The molecule has 1 aliphatic heterocycles. The van der Waals surface area contributed by atoms with Crippen LogP contribution in [-0.2, 0) is 26.6 Å². The van der Waals surface area contributed by atoms with Crippen LogP contribution in [0.5, 0.6) is 0 Å². The Bertz CT molecular complexity index is 1250. The predicted octanol–water partition coefficient (Wildman–Crippen LogP) is 6.52. The van der Waals surface area contributed by atoms with Crippen LogP contribution in [0.15, 0.2) is 24.3 Å². The van der Waals surface area contributed by atoms with Crippen molar-refractivity contribution in [2.75, 3.05) is 0 Å². The standard InChI is InChI=1S/C21H15Cl4NO4/c1-4-26-9(2)14(11-7-5-6-8-12(11)26)21(29-10(3)27)15-13(20(28)30-21)16(22)18(24)19(25)17(15)23/h5-8H,4H2,1-3H3. The number of para-hydroxylation sites is 1. The SMILES string of the molecule is CCn1c(C)c(C2(OC(C)=O)OC(=O)c3c(Cl)c(Cl)c(Cl)c(Cl)c32)c2ccccc21. The van der Waals surface area contributed by atoms with Gasteiger partial charge in [0.2, 0.25) is 0 Å². The second kappa shape index (κ2) is 7.34. The minimum Gasteiger partial charge on any atom is -0.414 e. The maximum atomic E-state index is 12.9. The van der Waals surface area contributed by atoms with Gasteiger partial charge in [-0.3, -0.25) is 4.79 Å². The van der Waals surface area contributed by atoms with Crippen LogP contribution >= 0.6 is 46.4 Å². The highest BCUT2D eigenvalue weighted by atomic mass is 35.5. The fourth-order valence-electron chi connectivity index (χ4n) is 4.12. The van der Waals surface area contributed by atoms with Crippen molar-refractivity contribution in [1.29, 1.82) is 0 Å². The molecule has 0 radical (unpaired) electrons. The second-order valence-electron chi connectivity index (χ2n) is 6.83. The topological polar surface area (TPSA) is 57.5 Å². The molecule has 0 saturated carbocycles. The Kier molecular flexibility index (Phi) is 5.22. The number of carbonyl (C=O) groups is 2. The summed E-state index contributed by atoms with van der Waals surface area (Å²) in [4.78, 5) is 25.1. The van der Waals surface area contributed by atoms with Crippen LogP contribution in [0.25, 0.3) is 10.9 Å². The normalized spacial score (nSPS) is 17.9. The molecule has 4 rings (SSSR count). The second-order valence-corrected chi connectivity index (χ2v) is 8.34. The number of aromatic nitrogens is 1. The van der Waals surface area contributed by atoms with Gasteiger partial charge in [0.15, 0.2) is 0 Å². The number of fused-ring (bicyclic) bond motifs is 2. The van der Waals surface area contributed by atoms with E-state index in [0.717, 1.165) is 16.6 Å². The highest BCUT2D eigenvalue weighted by Gasteiger charge is 2.56. The van der Waals surface area contributed by atoms with Crippen LogP contribution in [0.3, 0.4) is 0 Å². The van der Waals surface area contributed by atoms with Crippen molar-refractivity contribution in [2.45, 2.75) is 33.1 Å². The molecule has 0 bridgehead atoms. The van der Waals surface area contributed by atoms with Gasteiger partial charge in [-0.05, 0) is 19.9 Å². The lowest BCUT2D eigenvalue weighted by Crippen LogP contribution is -2.34. The molecule has 1 atom stereocenters. The zero-order valence-electron chi connectivity index (χ0n) is 16.1. The Balaban J connectivity index is 2.21. The minimum absolute atomic E-state index is 0.0610. The first-order valence-corrected chi connectivity index (χ1v) is 10.5. The molecule has 2 heterocycles. The molecule has 30 heavy (non-hydrogen) atoms. The number of benzene rings is 2. The number of nitrogens with zero attached hydrogens (tertiary/aromatic N) is 1. The smallest absolute Gasteiger partial charge is 0.344 e. The molecular weight excluding hydrogens is 472 g/mol. The largest absolute Gasteiger partial charge is 0.414 e. The fraction of sp³-hybridized carbons (Fsp3) is 0.238. The fourth-order valence-corrected chi connectivity index (χ4v) is 5.17. The van der Waals surface area contributed by atoms with Gasteiger partial charge in [0, 0.05) is 30.1 Å². The first-order chi connectivity index (χ1) is 14.2. The third-order valence-electron chi connectivity index (χ3n) is 5.20. The van der Waals surface area contributed by atoms with Gasteiger partial charge in [-0.15, -0.1) is 0 Å². The zero-order chi connectivity index (χ0) is 22.0. The van der Waals surface area contributed by atoms with Gasteiger partial charge >= 0.3 is 17.7 Å². The van der Waals surface area contributed by atoms with E-state index < -0.39 is 17.7 Å². The van der Waals surface area contributed by atoms with Gasteiger partial charge in [0.25, 0.3) is 0 Å². The number of aryl methyl sites for hydroxylation is 1. The predicted molar refractivity (Wildman–Crippen MR) is 117 cm³/mol. The van der Waals surface area contributed by atoms with E-state index in [1.165, 1.54) is 6.92 Å². The van der Waals surface area contributed by atoms with Crippen molar-refractivity contribution >= 4 is 69.2 Å². The van der Waals surface area contributed by atoms with Crippen LogP contribution in [-0.4, -0.2) is 16.5 Å². The molecule has 0 amide bonds. The highest BCUT2D eigenvalue weighted by Crippen LogP contribution is 2.55. The summed E-state index contributed by atoms with van der Waals surface area (Å²) in [6, 6.07) is 7.52. The Hall–Kier alpha value is -1.92. The number of cyclic esters (lactones) is 1. The monoisotopic (exact) mass is 485 g/mol. The number of halogens is 4. The molecule has 9 heteroatoms. The summed E-state index contributed by atoms with van der Waals surface area (Å²) >= 11 is 25.3. The van der Waals surface area contributed by atoms with E-state index >= 15 is 0 Å². The Morgan fingerprint density at radius 1 is 1.07 bits per heavy atom. The molecule has 0 saturated heterocycles. The molecule has 0 N–H and O–H groups in total. The van der Waals surface area contributed by atoms with E-state index in [9.17, 15) is 9.59 Å². The van der Waals surface area contributed by atoms with Crippen LogP contribution in [0.4, 0.5) is 0 Å². The lowest BCUT2D eigenvalue weighted by atomic mass is 9.93. The van der Waals surface area contributed by atoms with Gasteiger partial charge in [-0.1, -0.05) is 64.6 Å². The molecule has 0 fully saturated rings. The molecule has 1 unspecified atom stereocenters. The number of rotatable bonds is 3. The summed E-state index contributed by atoms with van der Waals surface area (Å²) in [7, 11) is 0. The molecule has 1 aliphatic rings. The number of hydrogen-bond acceptors (Lipinski definition) is 4. The highest BCUT2D eigenvalue weighted by molar-refractivity contribution is 6.53. The average molecular weight is 487 g/mol. The molecule has 2 aromatic carbocycles. The van der Waals surface area contributed by atoms with Gasteiger partial charge in [0.1, 0.15) is 0 Å². The molecular formula is C21H15Cl4NO4. The zero-order valence-corrected chi connectivity index (χ0v) is 19.1. The summed E-state index contributed by atoms with van der Waals surface area (Å²) in [6.07, 6.45) is 0. The summed E-state index contributed by atoms with van der Waals surface area (Å²) in [5, 5.41) is 0.411. The third-order valence-corrected chi connectivity index (χ3v) is 7.00. The Morgan fingerprint density at radius 2 is 1.70 bits per heavy atom. The van der Waals surface area contributed by atoms with Crippen molar-refractivity contribution < 1.29 is 19.1 Å². The maximum Gasteiger partial charge on any atom is 0.344 e. The maximum absolute atomic E-state index is 12.9. The van der Waals surface area contributed by atoms with Crippen molar-refractivity contribution in [1.82, 2.24) is 4.57 Å². The van der Waals surface area contributed by atoms with E-state index in [4.69, 9.17) is 55.9 Å². The van der Waals surface area contributed by atoms with Crippen LogP contribution < -0.4 is 0 Å². The summed E-state index contributed by atoms with van der Waals surface area (Å²) in [5.41, 5.74) is 2.07. The van der Waals surface area contributed by atoms with Crippen molar-refractivity contribution in [2.24, 2.45) is 0 Å². The van der Waals surface area contributed by atoms with Crippen molar-refractivity contribution in [3.63, 3.8) is 0 Å². The lowest BCUT2D eigenvalue weighted by Gasteiger charge is -2.29. The molecule has 1 aromatic heterocycles. The molecule has 0 aliphatic carbocycles. The van der Waals surface area contributed by atoms with E-state index in [2.05, 4.69) is 0 Å². The third kappa shape index (κ3) is 2.76. The van der Waals surface area contributed by atoms with E-state index in [1.807, 2.05) is 42.7 Å². The molecule has 0 spiro atoms. The van der Waals surface area contributed by atoms with E-state index in [0.29, 0.717) is 12.1 Å². The first kappa shape index (κ1) is 21.3. The van der Waals surface area contributed by atoms with Gasteiger partial charge in [-0.25, -0.2) is 4.79 Å².